The summed E-state index contributed by atoms with van der Waals surface area (Å²) in [5.41, 5.74) is 4.45. The quantitative estimate of drug-likeness (QED) is 0.687. The number of carbonyl (C=O) groups is 1. The molecule has 1 atom stereocenters. The van der Waals surface area contributed by atoms with Gasteiger partial charge in [0.1, 0.15) is 5.75 Å². The number of aromatic nitrogens is 2. The molecule has 27 heavy (non-hydrogen) atoms. The van der Waals surface area contributed by atoms with Gasteiger partial charge in [-0.15, -0.1) is 0 Å². The maximum absolute atomic E-state index is 12.5. The fourth-order valence-corrected chi connectivity index (χ4v) is 2.63. The fraction of sp³-hybridized carbons (Fsp3) is 0.250. The molecule has 0 saturated heterocycles. The molecule has 0 spiro atoms. The number of aryl methyl sites for hydroxylation is 3. The van der Waals surface area contributed by atoms with Crippen molar-refractivity contribution in [3.63, 3.8) is 0 Å². The minimum absolute atomic E-state index is 0.256. The molecule has 140 valence electrons. The maximum Gasteiger partial charge on any atom is 0.266 e. The van der Waals surface area contributed by atoms with Gasteiger partial charge in [-0.25, -0.2) is 4.63 Å². The first kappa shape index (κ1) is 18.9. The number of amides is 1. The summed E-state index contributed by atoms with van der Waals surface area (Å²) in [7, 11) is 0. The molecule has 0 aliphatic rings. The molecule has 1 heterocycles. The van der Waals surface area contributed by atoms with Gasteiger partial charge in [0, 0.05) is 10.6 Å². The van der Waals surface area contributed by atoms with Gasteiger partial charge in [0.05, 0.1) is 0 Å². The van der Waals surface area contributed by atoms with Crippen molar-refractivity contribution in [2.24, 2.45) is 0 Å². The van der Waals surface area contributed by atoms with E-state index in [4.69, 9.17) is 21.0 Å². The SMILES string of the molecule is Cc1ccc(-c2nonc2NC(=O)[C@@H](C)Oc2ccc(Cl)c(C)c2)cc1C. The van der Waals surface area contributed by atoms with Crippen molar-refractivity contribution in [2.75, 3.05) is 5.32 Å². The average Bonchev–Trinajstić information content (AvgIpc) is 3.08. The number of rotatable bonds is 5. The first-order valence-electron chi connectivity index (χ1n) is 8.49. The largest absolute Gasteiger partial charge is 0.481 e. The van der Waals surface area contributed by atoms with Gasteiger partial charge in [-0.3, -0.25) is 4.79 Å². The first-order valence-corrected chi connectivity index (χ1v) is 8.87. The van der Waals surface area contributed by atoms with Crippen molar-refractivity contribution in [1.82, 2.24) is 10.3 Å². The molecule has 0 unspecified atom stereocenters. The maximum atomic E-state index is 12.5. The van der Waals surface area contributed by atoms with Gasteiger partial charge in [-0.2, -0.15) is 0 Å². The number of nitrogens with one attached hydrogen (secondary N) is 1. The third kappa shape index (κ3) is 4.28. The van der Waals surface area contributed by atoms with Gasteiger partial charge in [0.2, 0.25) is 5.82 Å². The van der Waals surface area contributed by atoms with E-state index in [1.54, 1.807) is 25.1 Å². The molecule has 0 fully saturated rings. The Morgan fingerprint density at radius 1 is 1.07 bits per heavy atom. The Morgan fingerprint density at radius 2 is 1.85 bits per heavy atom. The topological polar surface area (TPSA) is 77.3 Å². The van der Waals surface area contributed by atoms with Crippen LogP contribution in [0.2, 0.25) is 5.02 Å². The van der Waals surface area contributed by atoms with E-state index in [0.29, 0.717) is 16.5 Å². The molecule has 0 saturated carbocycles. The highest BCUT2D eigenvalue weighted by Gasteiger charge is 2.20. The van der Waals surface area contributed by atoms with Gasteiger partial charge in [-0.1, -0.05) is 23.7 Å². The predicted octanol–water partition coefficient (Wildman–Crippen LogP) is 4.72. The number of nitrogens with zero attached hydrogens (tertiary/aromatic N) is 2. The standard InChI is InChI=1S/C20H20ClN3O3/c1-11-5-6-15(9-12(11)2)18-19(24-27-23-18)22-20(25)14(4)26-16-7-8-17(21)13(3)10-16/h5-10,14H,1-4H3,(H,22,24,25)/t14-/m1/s1. The van der Waals surface area contributed by atoms with Gasteiger partial charge >= 0.3 is 0 Å². The number of hydrogen-bond donors (Lipinski definition) is 1. The van der Waals surface area contributed by atoms with Gasteiger partial charge in [0.15, 0.2) is 11.8 Å². The monoisotopic (exact) mass is 385 g/mol. The van der Waals surface area contributed by atoms with Gasteiger partial charge < -0.3 is 10.1 Å². The first-order chi connectivity index (χ1) is 12.8. The Balaban J connectivity index is 1.73. The molecule has 1 aromatic heterocycles. The minimum atomic E-state index is -0.741. The molecule has 0 radical (unpaired) electrons. The lowest BCUT2D eigenvalue weighted by Crippen LogP contribution is -2.30. The Hall–Kier alpha value is -2.86. The Bertz CT molecular complexity index is 984. The zero-order valence-electron chi connectivity index (χ0n) is 15.5. The molecule has 0 aliphatic carbocycles. The van der Waals surface area contributed by atoms with E-state index in [1.807, 2.05) is 39.0 Å². The highest BCUT2D eigenvalue weighted by atomic mass is 35.5. The molecule has 3 rings (SSSR count). The second-order valence-corrected chi connectivity index (χ2v) is 6.83. The molecule has 7 heteroatoms. The van der Waals surface area contributed by atoms with Crippen LogP contribution in [0.25, 0.3) is 11.3 Å². The Morgan fingerprint density at radius 3 is 2.56 bits per heavy atom. The lowest BCUT2D eigenvalue weighted by atomic mass is 10.0. The molecular formula is C20H20ClN3O3. The number of carbonyl (C=O) groups excluding carboxylic acids is 1. The Kier molecular flexibility index (Phi) is 5.46. The van der Waals surface area contributed by atoms with E-state index in [0.717, 1.165) is 16.7 Å². The highest BCUT2D eigenvalue weighted by molar-refractivity contribution is 6.31. The summed E-state index contributed by atoms with van der Waals surface area (Å²) in [4.78, 5) is 12.5. The van der Waals surface area contributed by atoms with E-state index >= 15 is 0 Å². The van der Waals surface area contributed by atoms with E-state index < -0.39 is 6.10 Å². The molecule has 3 aromatic rings. The third-order valence-corrected chi connectivity index (χ3v) is 4.75. The number of halogens is 1. The van der Waals surface area contributed by atoms with Crippen LogP contribution >= 0.6 is 11.6 Å². The van der Waals surface area contributed by atoms with Crippen LogP contribution in [-0.4, -0.2) is 22.3 Å². The van der Waals surface area contributed by atoms with Crippen LogP contribution < -0.4 is 10.1 Å². The predicted molar refractivity (Wildman–Crippen MR) is 104 cm³/mol. The highest BCUT2D eigenvalue weighted by Crippen LogP contribution is 2.27. The smallest absolute Gasteiger partial charge is 0.266 e. The summed E-state index contributed by atoms with van der Waals surface area (Å²) < 4.78 is 10.5. The molecule has 1 amide bonds. The van der Waals surface area contributed by atoms with Crippen molar-refractivity contribution in [1.29, 1.82) is 0 Å². The number of anilines is 1. The summed E-state index contributed by atoms with van der Waals surface area (Å²) >= 11 is 6.01. The van der Waals surface area contributed by atoms with Crippen molar-refractivity contribution in [2.45, 2.75) is 33.8 Å². The van der Waals surface area contributed by atoms with E-state index in [9.17, 15) is 4.79 Å². The number of ether oxygens (including phenoxy) is 1. The van der Waals surface area contributed by atoms with E-state index in [2.05, 4.69) is 15.6 Å². The lowest BCUT2D eigenvalue weighted by Gasteiger charge is -2.14. The number of hydrogen-bond acceptors (Lipinski definition) is 5. The molecule has 2 aromatic carbocycles. The molecule has 0 bridgehead atoms. The van der Waals surface area contributed by atoms with Crippen molar-refractivity contribution in [3.05, 3.63) is 58.1 Å². The van der Waals surface area contributed by atoms with Crippen molar-refractivity contribution < 1.29 is 14.2 Å². The van der Waals surface area contributed by atoms with E-state index in [1.165, 1.54) is 5.56 Å². The van der Waals surface area contributed by atoms with Gasteiger partial charge in [0.25, 0.3) is 5.91 Å². The Labute approximate surface area is 162 Å². The van der Waals surface area contributed by atoms with Crippen LogP contribution in [0.1, 0.15) is 23.6 Å². The van der Waals surface area contributed by atoms with E-state index in [-0.39, 0.29) is 11.7 Å². The van der Waals surface area contributed by atoms with Crippen LogP contribution in [0, 0.1) is 20.8 Å². The van der Waals surface area contributed by atoms with Crippen molar-refractivity contribution in [3.8, 4) is 17.0 Å². The summed E-state index contributed by atoms with van der Waals surface area (Å²) in [5, 5.41) is 11.1. The average molecular weight is 386 g/mol. The molecule has 1 N–H and O–H groups in total. The minimum Gasteiger partial charge on any atom is -0.481 e. The van der Waals surface area contributed by atoms with Gasteiger partial charge in [-0.05, 0) is 79.0 Å². The summed E-state index contributed by atoms with van der Waals surface area (Å²) in [6.07, 6.45) is -0.741. The lowest BCUT2D eigenvalue weighted by molar-refractivity contribution is -0.122. The van der Waals surface area contributed by atoms with Crippen molar-refractivity contribution >= 4 is 23.3 Å². The number of benzene rings is 2. The van der Waals surface area contributed by atoms with Crippen LogP contribution in [-0.2, 0) is 4.79 Å². The summed E-state index contributed by atoms with van der Waals surface area (Å²) in [5.74, 6) is 0.460. The second kappa shape index (κ2) is 7.80. The van der Waals surface area contributed by atoms with Crippen LogP contribution in [0.5, 0.6) is 5.75 Å². The fourth-order valence-electron chi connectivity index (χ4n) is 2.52. The normalized spacial score (nSPS) is 11.9. The summed E-state index contributed by atoms with van der Waals surface area (Å²) in [6, 6.07) is 11.1. The second-order valence-electron chi connectivity index (χ2n) is 6.42. The zero-order valence-corrected chi connectivity index (χ0v) is 16.3. The molecule has 0 aliphatic heterocycles. The van der Waals surface area contributed by atoms with Crippen LogP contribution in [0.3, 0.4) is 0 Å². The summed E-state index contributed by atoms with van der Waals surface area (Å²) in [6.45, 7) is 7.56. The molecule has 6 nitrogen and oxygen atoms in total. The molecular weight excluding hydrogens is 366 g/mol. The zero-order chi connectivity index (χ0) is 19.6. The third-order valence-electron chi connectivity index (χ3n) is 4.32. The van der Waals surface area contributed by atoms with Crippen LogP contribution in [0.15, 0.2) is 41.0 Å². The van der Waals surface area contributed by atoms with Crippen LogP contribution in [0.4, 0.5) is 5.82 Å².